The minimum Gasteiger partial charge on any atom is -0.394 e. The molecule has 1 aromatic carbocycles. The summed E-state index contributed by atoms with van der Waals surface area (Å²) >= 11 is 0. The topological polar surface area (TPSA) is 52.6 Å². The van der Waals surface area contributed by atoms with Crippen LogP contribution in [0.25, 0.3) is 0 Å². The molecule has 0 aliphatic heterocycles. The fraction of sp³-hybridized carbons (Fsp3) is 0.562. The van der Waals surface area contributed by atoms with Crippen molar-refractivity contribution in [2.75, 3.05) is 13.7 Å². The lowest BCUT2D eigenvalue weighted by Crippen LogP contribution is -2.46. The maximum Gasteiger partial charge on any atom is 0.416 e. The number of hydrogen-bond acceptors (Lipinski definition) is 2. The van der Waals surface area contributed by atoms with Gasteiger partial charge in [-0.25, -0.2) is 4.79 Å². The lowest BCUT2D eigenvalue weighted by molar-refractivity contribution is -0.137. The summed E-state index contributed by atoms with van der Waals surface area (Å²) in [5, 5.41) is 11.8. The molecule has 1 aromatic rings. The highest BCUT2D eigenvalue weighted by Gasteiger charge is 2.31. The second kappa shape index (κ2) is 7.68. The first-order valence-corrected chi connectivity index (χ1v) is 7.39. The summed E-state index contributed by atoms with van der Waals surface area (Å²) in [6.45, 7) is 5.12. The number of carbonyl (C=O) groups is 1. The SMILES string of the molecule is CC(C)C(NC(=O)N(C)C(C)CO)c1cccc(C(F)(F)F)c1. The third kappa shape index (κ3) is 5.13. The number of halogens is 3. The van der Waals surface area contributed by atoms with Crippen LogP contribution >= 0.6 is 0 Å². The fourth-order valence-electron chi connectivity index (χ4n) is 2.10. The maximum absolute atomic E-state index is 12.9. The van der Waals surface area contributed by atoms with E-state index in [4.69, 9.17) is 5.11 Å². The van der Waals surface area contributed by atoms with Crippen LogP contribution in [0, 0.1) is 5.92 Å². The highest BCUT2D eigenvalue weighted by Crippen LogP contribution is 2.32. The average molecular weight is 332 g/mol. The Morgan fingerprint density at radius 3 is 2.39 bits per heavy atom. The molecule has 0 fully saturated rings. The number of likely N-dealkylation sites (N-methyl/N-ethyl adjacent to an activating group) is 1. The summed E-state index contributed by atoms with van der Waals surface area (Å²) in [6, 6.07) is 3.57. The van der Waals surface area contributed by atoms with Crippen LogP contribution in [0.3, 0.4) is 0 Å². The summed E-state index contributed by atoms with van der Waals surface area (Å²) in [7, 11) is 1.53. The summed E-state index contributed by atoms with van der Waals surface area (Å²) in [6.07, 6.45) is -4.43. The van der Waals surface area contributed by atoms with E-state index in [1.54, 1.807) is 13.0 Å². The molecule has 2 amide bonds. The van der Waals surface area contributed by atoms with Gasteiger partial charge in [-0.05, 0) is 30.5 Å². The minimum atomic E-state index is -4.43. The third-order valence-electron chi connectivity index (χ3n) is 3.76. The average Bonchev–Trinajstić information content (AvgIpc) is 2.49. The number of nitrogens with one attached hydrogen (secondary N) is 1. The molecule has 0 spiro atoms. The van der Waals surface area contributed by atoms with E-state index in [-0.39, 0.29) is 18.6 Å². The molecule has 0 aliphatic rings. The first-order chi connectivity index (χ1) is 10.6. The summed E-state index contributed by atoms with van der Waals surface area (Å²) in [5.74, 6) is -0.0970. The fourth-order valence-corrected chi connectivity index (χ4v) is 2.10. The second-order valence-corrected chi connectivity index (χ2v) is 5.94. The molecule has 0 aromatic heterocycles. The van der Waals surface area contributed by atoms with E-state index >= 15 is 0 Å². The van der Waals surface area contributed by atoms with Crippen LogP contribution in [0.1, 0.15) is 37.9 Å². The van der Waals surface area contributed by atoms with Gasteiger partial charge in [-0.1, -0.05) is 26.0 Å². The number of aliphatic hydroxyl groups is 1. The van der Waals surface area contributed by atoms with Crippen molar-refractivity contribution in [2.24, 2.45) is 5.92 Å². The molecule has 2 unspecified atom stereocenters. The van der Waals surface area contributed by atoms with E-state index in [0.717, 1.165) is 12.1 Å². The monoisotopic (exact) mass is 332 g/mol. The van der Waals surface area contributed by atoms with Crippen molar-refractivity contribution in [1.29, 1.82) is 0 Å². The molecule has 2 N–H and O–H groups in total. The molecule has 0 heterocycles. The Balaban J connectivity index is 3.02. The Kier molecular flexibility index (Phi) is 6.44. The molecule has 0 radical (unpaired) electrons. The van der Waals surface area contributed by atoms with Crippen molar-refractivity contribution in [3.63, 3.8) is 0 Å². The van der Waals surface area contributed by atoms with Gasteiger partial charge in [0.2, 0.25) is 0 Å². The van der Waals surface area contributed by atoms with Crippen LogP contribution in [0.5, 0.6) is 0 Å². The summed E-state index contributed by atoms with van der Waals surface area (Å²) in [4.78, 5) is 13.5. The molecular weight excluding hydrogens is 309 g/mol. The molecule has 2 atom stereocenters. The number of aliphatic hydroxyl groups excluding tert-OH is 1. The Morgan fingerprint density at radius 2 is 1.91 bits per heavy atom. The van der Waals surface area contributed by atoms with Crippen LogP contribution in [-0.4, -0.2) is 35.7 Å². The number of amides is 2. The van der Waals surface area contributed by atoms with Crippen molar-refractivity contribution in [2.45, 2.75) is 39.0 Å². The number of carbonyl (C=O) groups excluding carboxylic acids is 1. The maximum atomic E-state index is 12.9. The Hall–Kier alpha value is -1.76. The van der Waals surface area contributed by atoms with Crippen molar-refractivity contribution < 1.29 is 23.1 Å². The van der Waals surface area contributed by atoms with Crippen molar-refractivity contribution in [1.82, 2.24) is 10.2 Å². The third-order valence-corrected chi connectivity index (χ3v) is 3.76. The van der Waals surface area contributed by atoms with Crippen molar-refractivity contribution in [3.8, 4) is 0 Å². The van der Waals surface area contributed by atoms with Gasteiger partial charge in [0.05, 0.1) is 24.3 Å². The van der Waals surface area contributed by atoms with Gasteiger partial charge in [-0.15, -0.1) is 0 Å². The first kappa shape index (κ1) is 19.3. The standard InChI is InChI=1S/C16H23F3N2O2/c1-10(2)14(20-15(23)21(4)11(3)9-22)12-6-5-7-13(8-12)16(17,18)19/h5-8,10-11,14,22H,9H2,1-4H3,(H,20,23). The Morgan fingerprint density at radius 1 is 1.30 bits per heavy atom. The largest absolute Gasteiger partial charge is 0.416 e. The number of rotatable bonds is 5. The molecule has 0 aliphatic carbocycles. The van der Waals surface area contributed by atoms with Crippen molar-refractivity contribution >= 4 is 6.03 Å². The molecular formula is C16H23F3N2O2. The van der Waals surface area contributed by atoms with Crippen molar-refractivity contribution in [3.05, 3.63) is 35.4 Å². The van der Waals surface area contributed by atoms with Gasteiger partial charge < -0.3 is 15.3 Å². The van der Waals surface area contributed by atoms with Gasteiger partial charge in [0.15, 0.2) is 0 Å². The van der Waals surface area contributed by atoms with Gasteiger partial charge in [0.25, 0.3) is 0 Å². The van der Waals surface area contributed by atoms with Gasteiger partial charge in [0.1, 0.15) is 0 Å². The molecule has 7 heteroatoms. The molecule has 23 heavy (non-hydrogen) atoms. The van der Waals surface area contributed by atoms with Crippen LogP contribution < -0.4 is 5.32 Å². The van der Waals surface area contributed by atoms with Gasteiger partial charge in [-0.3, -0.25) is 0 Å². The van der Waals surface area contributed by atoms with E-state index in [1.807, 2.05) is 13.8 Å². The highest BCUT2D eigenvalue weighted by atomic mass is 19.4. The Labute approximate surface area is 134 Å². The number of urea groups is 1. The van der Waals surface area contributed by atoms with Crippen LogP contribution in [0.2, 0.25) is 0 Å². The highest BCUT2D eigenvalue weighted by molar-refractivity contribution is 5.74. The first-order valence-electron chi connectivity index (χ1n) is 7.39. The lowest BCUT2D eigenvalue weighted by atomic mass is 9.94. The summed E-state index contributed by atoms with van der Waals surface area (Å²) in [5.41, 5.74) is -0.347. The lowest BCUT2D eigenvalue weighted by Gasteiger charge is -2.29. The molecule has 0 saturated heterocycles. The quantitative estimate of drug-likeness (QED) is 0.868. The van der Waals surface area contributed by atoms with E-state index < -0.39 is 23.8 Å². The predicted molar refractivity (Wildman–Crippen MR) is 81.9 cm³/mol. The predicted octanol–water partition coefficient (Wildman–Crippen LogP) is 3.42. The number of nitrogens with zero attached hydrogens (tertiary/aromatic N) is 1. The molecule has 4 nitrogen and oxygen atoms in total. The zero-order valence-corrected chi connectivity index (χ0v) is 13.7. The molecule has 1 rings (SSSR count). The van der Waals surface area contributed by atoms with E-state index in [1.165, 1.54) is 18.0 Å². The summed E-state index contributed by atoms with van der Waals surface area (Å²) < 4.78 is 38.6. The number of alkyl halides is 3. The Bertz CT molecular complexity index is 532. The number of benzene rings is 1. The molecule has 130 valence electrons. The van der Waals surface area contributed by atoms with Crippen LogP contribution in [0.15, 0.2) is 24.3 Å². The van der Waals surface area contributed by atoms with E-state index in [2.05, 4.69) is 5.32 Å². The zero-order valence-electron chi connectivity index (χ0n) is 13.7. The normalized spacial score (nSPS) is 14.5. The van der Waals surface area contributed by atoms with Gasteiger partial charge in [0, 0.05) is 7.05 Å². The zero-order chi connectivity index (χ0) is 17.8. The van der Waals surface area contributed by atoms with E-state index in [9.17, 15) is 18.0 Å². The molecule has 0 saturated carbocycles. The number of hydrogen-bond donors (Lipinski definition) is 2. The van der Waals surface area contributed by atoms with Gasteiger partial charge >= 0.3 is 12.2 Å². The second-order valence-electron chi connectivity index (χ2n) is 5.94. The minimum absolute atomic E-state index is 0.0970. The van der Waals surface area contributed by atoms with Crippen LogP contribution in [-0.2, 0) is 6.18 Å². The van der Waals surface area contributed by atoms with Gasteiger partial charge in [-0.2, -0.15) is 13.2 Å². The van der Waals surface area contributed by atoms with Crippen LogP contribution in [0.4, 0.5) is 18.0 Å². The smallest absolute Gasteiger partial charge is 0.394 e. The van der Waals surface area contributed by atoms with E-state index in [0.29, 0.717) is 5.56 Å². The molecule has 0 bridgehead atoms.